The molecule has 0 fully saturated rings. The first-order valence-electron chi connectivity index (χ1n) is 0.730. The Balaban J connectivity index is -0.0000000800. The molecule has 0 aromatic heterocycles. The van der Waals surface area contributed by atoms with Gasteiger partial charge in [-0.3, -0.25) is 0 Å². The van der Waals surface area contributed by atoms with E-state index in [4.69, 9.17) is 19.2 Å². The van der Waals surface area contributed by atoms with Gasteiger partial charge in [0.05, 0.1) is 0 Å². The van der Waals surface area contributed by atoms with Gasteiger partial charge in [0, 0.05) is 0 Å². The van der Waals surface area contributed by atoms with Gasteiger partial charge in [-0.1, -0.05) is 0 Å². The van der Waals surface area contributed by atoms with E-state index in [9.17, 15) is 0 Å². The largest absolute Gasteiger partial charge is 4.00 e. The molecule has 0 saturated heterocycles. The molecule has 4 nitrogen and oxygen atoms in total. The van der Waals surface area contributed by atoms with Crippen molar-refractivity contribution in [2.75, 3.05) is 0 Å². The molecule has 0 aliphatic heterocycles. The summed E-state index contributed by atoms with van der Waals surface area (Å²) in [6.45, 7) is 0. The minimum atomic E-state index is -5.39. The molecule has 0 unspecified atom stereocenters. The topological polar surface area (TPSA) is 86.2 Å². The van der Waals surface area contributed by atoms with E-state index in [2.05, 4.69) is 0 Å². The van der Waals surface area contributed by atoms with Gasteiger partial charge >= 0.3 is 28.3 Å². The summed E-state index contributed by atoms with van der Waals surface area (Å²) < 4.78 is 8.55. The summed E-state index contributed by atoms with van der Waals surface area (Å²) in [6.07, 6.45) is 0. The van der Waals surface area contributed by atoms with Crippen LogP contribution in [0, 0.1) is 0 Å². The minimum absolute atomic E-state index is 0. The Bertz CT molecular complexity index is 57.8. The third-order valence-electron chi connectivity index (χ3n) is 0. The molecule has 0 aromatic carbocycles. The Morgan fingerprint density at radius 1 is 1.14 bits per heavy atom. The molecule has 0 bridgehead atoms. The van der Waals surface area contributed by atoms with E-state index >= 15 is 0 Å². The van der Waals surface area contributed by atoms with Crippen LogP contribution >= 0.6 is 7.82 Å². The van der Waals surface area contributed by atoms with Gasteiger partial charge < -0.3 is 19.2 Å². The first kappa shape index (κ1) is 15.7. The Labute approximate surface area is 56.0 Å². The average molecular weight is 150 g/mol. The van der Waals surface area contributed by atoms with Gasteiger partial charge in [0.25, 0.3) is 0 Å². The van der Waals surface area contributed by atoms with Crippen LogP contribution in [0.3, 0.4) is 0 Å². The monoisotopic (exact) mass is 150 g/mol. The van der Waals surface area contributed by atoms with Crippen LogP contribution in [0.2, 0.25) is 0 Å². The Hall–Kier alpha value is 0.859. The van der Waals surface area contributed by atoms with Gasteiger partial charge in [0.1, 0.15) is 0 Å². The zero-order valence-corrected chi connectivity index (χ0v) is 6.21. The van der Waals surface area contributed by atoms with Crippen LogP contribution in [-0.4, -0.2) is 28.3 Å². The zero-order chi connectivity index (χ0) is 4.50. The second-order valence-electron chi connectivity index (χ2n) is 0.447. The molecule has 0 aromatic rings. The Morgan fingerprint density at radius 3 is 1.14 bits per heavy atom. The molecule has 0 N–H and O–H groups in total. The molecule has 0 radical (unpaired) electrons. The fourth-order valence-electron chi connectivity index (χ4n) is 0. The van der Waals surface area contributed by atoms with Crippen LogP contribution in [0.1, 0.15) is 0 Å². The normalized spacial score (nSPS) is 8.43. The number of phosphoric acid groups is 1. The molecule has 32 valence electrons. The molecule has 0 amide bonds. The summed E-state index contributed by atoms with van der Waals surface area (Å²) in [5, 5.41) is 0. The van der Waals surface area contributed by atoms with E-state index in [1.807, 2.05) is 0 Å². The van der Waals surface area contributed by atoms with E-state index in [1.54, 1.807) is 0 Å². The van der Waals surface area contributed by atoms with Crippen molar-refractivity contribution in [2.45, 2.75) is 0 Å². The smallest absolute Gasteiger partial charge is 0.822 e. The summed E-state index contributed by atoms with van der Waals surface area (Å²) in [4.78, 5) is 25.6. The maximum atomic E-state index is 8.55. The fraction of sp³-hybridized carbons (Fsp3) is 0. The average Bonchev–Trinajstić information content (AvgIpc) is 0.722. The maximum absolute atomic E-state index is 8.55. The van der Waals surface area contributed by atoms with Crippen molar-refractivity contribution in [3.8, 4) is 0 Å². The Morgan fingerprint density at radius 2 is 1.14 bits per heavy atom. The van der Waals surface area contributed by atoms with E-state index in [-0.39, 0.29) is 28.3 Å². The molecule has 7 heteroatoms. The van der Waals surface area contributed by atoms with Gasteiger partial charge in [-0.2, -0.15) is 7.82 Å². The van der Waals surface area contributed by atoms with Gasteiger partial charge in [0.2, 0.25) is 0 Å². The van der Waals surface area contributed by atoms with Gasteiger partial charge in [-0.15, -0.1) is 0 Å². The van der Waals surface area contributed by atoms with Crippen LogP contribution < -0.4 is 14.7 Å². The molecule has 0 atom stereocenters. The van der Waals surface area contributed by atoms with Crippen LogP contribution in [-0.2, 0) is 4.57 Å². The van der Waals surface area contributed by atoms with Crippen molar-refractivity contribution in [3.63, 3.8) is 0 Å². The van der Waals surface area contributed by atoms with Gasteiger partial charge in [-0.05, 0) is 0 Å². The molecule has 0 saturated carbocycles. The molecular formula is AlO4PSi+4. The zero-order valence-electron chi connectivity index (χ0n) is 3.16. The molecular weight excluding hydrogens is 150 g/mol. The Kier molecular flexibility index (Phi) is 11.2. The van der Waals surface area contributed by atoms with Crippen molar-refractivity contribution in [2.24, 2.45) is 0 Å². The summed E-state index contributed by atoms with van der Waals surface area (Å²) in [5.74, 6) is 0. The van der Waals surface area contributed by atoms with Crippen molar-refractivity contribution in [3.05, 3.63) is 0 Å². The van der Waals surface area contributed by atoms with Crippen molar-refractivity contribution < 1.29 is 19.2 Å². The third-order valence-corrected chi connectivity index (χ3v) is 0. The van der Waals surface area contributed by atoms with Crippen molar-refractivity contribution in [1.82, 2.24) is 0 Å². The van der Waals surface area contributed by atoms with Gasteiger partial charge in [-0.25, -0.2) is 0 Å². The first-order chi connectivity index (χ1) is 2.00. The van der Waals surface area contributed by atoms with Crippen molar-refractivity contribution in [1.29, 1.82) is 0 Å². The third kappa shape index (κ3) is 219. The number of hydrogen-bond donors (Lipinski definition) is 0. The predicted octanol–water partition coefficient (Wildman–Crippen LogP) is -3.59. The standard InChI is InChI=1S/Al.H3O4P.Si/c;1-5(2,3)4;/h;(H3,1,2,3,4);/q+3;;+4/p-3. The first-order valence-corrected chi connectivity index (χ1v) is 2.19. The van der Waals surface area contributed by atoms with E-state index in [1.165, 1.54) is 0 Å². The van der Waals surface area contributed by atoms with E-state index in [0.717, 1.165) is 0 Å². The molecule has 0 spiro atoms. The second-order valence-corrected chi connectivity index (χ2v) is 1.34. The summed E-state index contributed by atoms with van der Waals surface area (Å²) >= 11 is 0. The fourth-order valence-corrected chi connectivity index (χ4v) is 0. The molecule has 0 aliphatic carbocycles. The minimum Gasteiger partial charge on any atom is -0.822 e. The molecule has 0 heterocycles. The summed E-state index contributed by atoms with van der Waals surface area (Å²) in [7, 11) is -5.39. The van der Waals surface area contributed by atoms with Crippen molar-refractivity contribution >= 4 is 36.1 Å². The SMILES string of the molecule is O=P([O-])([O-])[O-].[Al+3].[Si+4]. The number of rotatable bonds is 0. The quantitative estimate of drug-likeness (QED) is 0.264. The number of hydrogen-bond acceptors (Lipinski definition) is 4. The van der Waals surface area contributed by atoms with Crippen LogP contribution in [0.4, 0.5) is 0 Å². The van der Waals surface area contributed by atoms with E-state index in [0.29, 0.717) is 0 Å². The van der Waals surface area contributed by atoms with Crippen LogP contribution in [0.25, 0.3) is 0 Å². The predicted molar refractivity (Wildman–Crippen MR) is 19.1 cm³/mol. The maximum Gasteiger partial charge on any atom is 4.00 e. The molecule has 0 aliphatic rings. The van der Waals surface area contributed by atoms with Crippen LogP contribution in [0.5, 0.6) is 0 Å². The van der Waals surface area contributed by atoms with Crippen LogP contribution in [0.15, 0.2) is 0 Å². The van der Waals surface area contributed by atoms with Gasteiger partial charge in [0.15, 0.2) is 0 Å². The second kappa shape index (κ2) is 5.01. The summed E-state index contributed by atoms with van der Waals surface area (Å²) in [5.41, 5.74) is 0. The molecule has 7 heavy (non-hydrogen) atoms. The van der Waals surface area contributed by atoms with E-state index < -0.39 is 7.82 Å². The molecule has 0 rings (SSSR count). The summed E-state index contributed by atoms with van der Waals surface area (Å²) in [6, 6.07) is 0.